The van der Waals surface area contributed by atoms with E-state index < -0.39 is 41.4 Å². The van der Waals surface area contributed by atoms with Crippen molar-refractivity contribution in [1.29, 1.82) is 0 Å². The van der Waals surface area contributed by atoms with E-state index >= 15 is 0 Å². The molecule has 1 heterocycles. The molecule has 9 heteroatoms. The molecule has 2 aliphatic rings. The van der Waals surface area contributed by atoms with Gasteiger partial charge in [0.1, 0.15) is 23.6 Å². The van der Waals surface area contributed by atoms with E-state index in [0.717, 1.165) is 38.3 Å². The Bertz CT molecular complexity index is 1220. The highest BCUT2D eigenvalue weighted by Gasteiger charge is 2.43. The van der Waals surface area contributed by atoms with Crippen LogP contribution in [0, 0.1) is 17.6 Å². The van der Waals surface area contributed by atoms with Crippen LogP contribution in [0.2, 0.25) is 0 Å². The molecule has 41 heavy (non-hydrogen) atoms. The van der Waals surface area contributed by atoms with Gasteiger partial charge in [-0.1, -0.05) is 24.3 Å². The van der Waals surface area contributed by atoms with Gasteiger partial charge in [0.2, 0.25) is 0 Å². The molecule has 2 atom stereocenters. The molecule has 1 amide bonds. The zero-order chi connectivity index (χ0) is 29.7. The summed E-state index contributed by atoms with van der Waals surface area (Å²) >= 11 is 0. The molecule has 0 aromatic heterocycles. The Morgan fingerprint density at radius 2 is 1.73 bits per heavy atom. The van der Waals surface area contributed by atoms with Crippen LogP contribution in [-0.4, -0.2) is 55.4 Å². The van der Waals surface area contributed by atoms with Crippen LogP contribution in [0.4, 0.5) is 13.6 Å². The zero-order valence-corrected chi connectivity index (χ0v) is 24.7. The van der Waals surface area contributed by atoms with Gasteiger partial charge in [0.15, 0.2) is 11.6 Å². The molecule has 1 N–H and O–H groups in total. The number of nitrogens with one attached hydrogen (secondary N) is 1. The fourth-order valence-corrected chi connectivity index (χ4v) is 6.03. The van der Waals surface area contributed by atoms with Crippen molar-refractivity contribution in [2.45, 2.75) is 89.5 Å². The highest BCUT2D eigenvalue weighted by atomic mass is 19.1. The molecule has 7 nitrogen and oxygen atoms in total. The summed E-state index contributed by atoms with van der Waals surface area (Å²) in [6.07, 6.45) is 3.20. The van der Waals surface area contributed by atoms with Crippen molar-refractivity contribution in [1.82, 2.24) is 10.2 Å². The van der Waals surface area contributed by atoms with E-state index in [1.165, 1.54) is 29.2 Å². The van der Waals surface area contributed by atoms with E-state index in [0.29, 0.717) is 17.9 Å². The second-order valence-electron chi connectivity index (χ2n) is 12.2. The number of hydrogen-bond donors (Lipinski definition) is 1. The normalized spacial score (nSPS) is 22.9. The maximum absolute atomic E-state index is 14.9. The first-order valence-electron chi connectivity index (χ1n) is 14.4. The standard InChI is InChI=1S/C32H42F2N2O5/c1-32(2,3)41-31(38)36-19-24(16-28(36)30(37)39-5)40-29-15-23(26(33)17-27(29)34)14-20-10-12-21(13-11-20)25-9-7-6-8-22(25)18-35-4/h6-9,15,17,20-21,24,28,35H,10-14,16,18-19H2,1-5H3/t20?,21?,24-,28-/m0/s1. The average molecular weight is 573 g/mol. The van der Waals surface area contributed by atoms with E-state index in [1.807, 2.05) is 7.05 Å². The minimum Gasteiger partial charge on any atom is -0.485 e. The summed E-state index contributed by atoms with van der Waals surface area (Å²) in [5, 5.41) is 3.24. The lowest BCUT2D eigenvalue weighted by atomic mass is 9.75. The molecular formula is C32H42F2N2O5. The molecule has 2 fully saturated rings. The largest absolute Gasteiger partial charge is 0.485 e. The number of esters is 1. The number of halogens is 2. The first kappa shape index (κ1) is 30.8. The lowest BCUT2D eigenvalue weighted by Crippen LogP contribution is -2.44. The highest BCUT2D eigenvalue weighted by molar-refractivity contribution is 5.82. The molecule has 1 aliphatic heterocycles. The van der Waals surface area contributed by atoms with Gasteiger partial charge >= 0.3 is 12.1 Å². The molecule has 1 aliphatic carbocycles. The number of ether oxygens (including phenoxy) is 3. The van der Waals surface area contributed by atoms with Crippen LogP contribution in [0.3, 0.4) is 0 Å². The highest BCUT2D eigenvalue weighted by Crippen LogP contribution is 2.39. The summed E-state index contributed by atoms with van der Waals surface area (Å²) in [5.74, 6) is -1.34. The van der Waals surface area contributed by atoms with Gasteiger partial charge in [-0.25, -0.2) is 18.4 Å². The van der Waals surface area contributed by atoms with E-state index in [2.05, 4.69) is 29.6 Å². The summed E-state index contributed by atoms with van der Waals surface area (Å²) in [7, 11) is 3.19. The van der Waals surface area contributed by atoms with Crippen LogP contribution in [0.15, 0.2) is 36.4 Å². The SMILES string of the molecule is CNCc1ccccc1C1CCC(Cc2cc(O[C@H]3C[C@@H](C(=O)OC)N(C(=O)OC(C)(C)C)C3)c(F)cc2F)CC1. The number of rotatable bonds is 8. The molecule has 224 valence electrons. The Labute approximate surface area is 241 Å². The predicted octanol–water partition coefficient (Wildman–Crippen LogP) is 6.13. The number of methoxy groups -OCH3 is 1. The lowest BCUT2D eigenvalue weighted by Gasteiger charge is -2.30. The fraction of sp³-hybridized carbons (Fsp3) is 0.562. The second kappa shape index (κ2) is 13.2. The van der Waals surface area contributed by atoms with Gasteiger partial charge in [0.25, 0.3) is 0 Å². The maximum atomic E-state index is 14.9. The number of likely N-dealkylation sites (tertiary alicyclic amines) is 1. The van der Waals surface area contributed by atoms with Gasteiger partial charge in [0, 0.05) is 19.0 Å². The third kappa shape index (κ3) is 7.76. The molecule has 1 saturated heterocycles. The Hall–Kier alpha value is -3.20. The Morgan fingerprint density at radius 3 is 2.39 bits per heavy atom. The third-order valence-corrected chi connectivity index (χ3v) is 7.98. The van der Waals surface area contributed by atoms with Crippen LogP contribution >= 0.6 is 0 Å². The van der Waals surface area contributed by atoms with Crippen LogP contribution < -0.4 is 10.1 Å². The molecule has 0 radical (unpaired) electrons. The molecule has 2 aromatic rings. The minimum absolute atomic E-state index is 0.0138. The number of carbonyl (C=O) groups excluding carboxylic acids is 2. The Kier molecular flexibility index (Phi) is 9.89. The summed E-state index contributed by atoms with van der Waals surface area (Å²) in [6.45, 7) is 6.03. The molecule has 0 unspecified atom stereocenters. The van der Waals surface area contributed by atoms with E-state index in [-0.39, 0.29) is 24.6 Å². The lowest BCUT2D eigenvalue weighted by molar-refractivity contribution is -0.145. The minimum atomic E-state index is -0.920. The van der Waals surface area contributed by atoms with Gasteiger partial charge in [0.05, 0.1) is 13.7 Å². The maximum Gasteiger partial charge on any atom is 0.411 e. The van der Waals surface area contributed by atoms with Gasteiger partial charge in [-0.15, -0.1) is 0 Å². The topological polar surface area (TPSA) is 77.1 Å². The van der Waals surface area contributed by atoms with Crippen molar-refractivity contribution in [3.63, 3.8) is 0 Å². The van der Waals surface area contributed by atoms with Crippen LogP contribution in [0.25, 0.3) is 0 Å². The predicted molar refractivity (Wildman–Crippen MR) is 152 cm³/mol. The monoisotopic (exact) mass is 572 g/mol. The fourth-order valence-electron chi connectivity index (χ4n) is 6.03. The van der Waals surface area contributed by atoms with Crippen LogP contribution in [0.5, 0.6) is 5.75 Å². The summed E-state index contributed by atoms with van der Waals surface area (Å²) in [4.78, 5) is 26.4. The number of nitrogens with zero attached hydrogens (tertiary/aromatic N) is 1. The number of carbonyl (C=O) groups is 2. The molecule has 0 spiro atoms. The van der Waals surface area contributed by atoms with Gasteiger partial charge in [-0.3, -0.25) is 4.90 Å². The van der Waals surface area contributed by atoms with Crippen molar-refractivity contribution in [2.24, 2.45) is 5.92 Å². The zero-order valence-electron chi connectivity index (χ0n) is 24.7. The summed E-state index contributed by atoms with van der Waals surface area (Å²) in [6, 6.07) is 9.90. The first-order chi connectivity index (χ1) is 19.5. The van der Waals surface area contributed by atoms with Gasteiger partial charge < -0.3 is 19.5 Å². The first-order valence-corrected chi connectivity index (χ1v) is 14.4. The molecule has 1 saturated carbocycles. The Morgan fingerprint density at radius 1 is 1.02 bits per heavy atom. The van der Waals surface area contributed by atoms with Crippen molar-refractivity contribution >= 4 is 12.1 Å². The quantitative estimate of drug-likeness (QED) is 0.384. The van der Waals surface area contributed by atoms with Crippen LogP contribution in [-0.2, 0) is 27.2 Å². The average Bonchev–Trinajstić information content (AvgIpc) is 3.35. The summed E-state index contributed by atoms with van der Waals surface area (Å²) in [5.41, 5.74) is 2.35. The smallest absolute Gasteiger partial charge is 0.411 e. The molecule has 2 aromatic carbocycles. The van der Waals surface area contributed by atoms with Crippen molar-refractivity contribution in [2.75, 3.05) is 20.7 Å². The van der Waals surface area contributed by atoms with Gasteiger partial charge in [-0.2, -0.15) is 0 Å². The van der Waals surface area contributed by atoms with E-state index in [1.54, 1.807) is 20.8 Å². The number of amides is 1. The van der Waals surface area contributed by atoms with Crippen molar-refractivity contribution in [3.05, 3.63) is 64.7 Å². The summed E-state index contributed by atoms with van der Waals surface area (Å²) < 4.78 is 46.0. The van der Waals surface area contributed by atoms with E-state index in [9.17, 15) is 18.4 Å². The molecule has 0 bridgehead atoms. The van der Waals surface area contributed by atoms with Crippen molar-refractivity contribution < 1.29 is 32.6 Å². The third-order valence-electron chi connectivity index (χ3n) is 7.98. The molecular weight excluding hydrogens is 530 g/mol. The molecule has 4 rings (SSSR count). The second-order valence-corrected chi connectivity index (χ2v) is 12.2. The number of benzene rings is 2. The van der Waals surface area contributed by atoms with Crippen LogP contribution in [0.1, 0.15) is 75.5 Å². The number of hydrogen-bond acceptors (Lipinski definition) is 6. The van der Waals surface area contributed by atoms with Crippen molar-refractivity contribution in [3.8, 4) is 5.75 Å². The Balaban J connectivity index is 1.42. The van der Waals surface area contributed by atoms with E-state index in [4.69, 9.17) is 14.2 Å². The van der Waals surface area contributed by atoms with Gasteiger partial charge in [-0.05, 0) is 94.5 Å².